The van der Waals surface area contributed by atoms with Crippen LogP contribution in [0.3, 0.4) is 0 Å². The Bertz CT molecular complexity index is 246. The number of hydrogen-bond acceptors (Lipinski definition) is 4. The van der Waals surface area contributed by atoms with Crippen LogP contribution in [0.2, 0.25) is 0 Å². The molecule has 0 spiro atoms. The maximum atomic E-state index is 10.1. The van der Waals surface area contributed by atoms with Gasteiger partial charge in [-0.05, 0) is 0 Å². The number of hydrogen-bond donors (Lipinski definition) is 2. The molecule has 0 unspecified atom stereocenters. The number of carboxylic acid groups (broad SMARTS) is 2. The van der Waals surface area contributed by atoms with Gasteiger partial charge in [0.05, 0.1) is 0 Å². The first kappa shape index (κ1) is 10.0. The van der Waals surface area contributed by atoms with Gasteiger partial charge in [-0.2, -0.15) is 0 Å². The van der Waals surface area contributed by atoms with Crippen LogP contribution in [0.1, 0.15) is 0 Å². The first-order valence-corrected chi connectivity index (χ1v) is 2.65. The van der Waals surface area contributed by atoms with Crippen LogP contribution in [0, 0.1) is 0 Å². The molecule has 0 aliphatic heterocycles. The largest absolute Gasteiger partial charge is 0.478 e. The van der Waals surface area contributed by atoms with Crippen LogP contribution in [0.25, 0.3) is 0 Å². The molecule has 0 aromatic rings. The van der Waals surface area contributed by atoms with E-state index < -0.39 is 23.1 Å². The fourth-order valence-corrected chi connectivity index (χ4v) is 0.458. The quantitative estimate of drug-likeness (QED) is 0.240. The summed E-state index contributed by atoms with van der Waals surface area (Å²) >= 11 is 0. The van der Waals surface area contributed by atoms with Gasteiger partial charge in [-0.15, -0.1) is 0 Å². The molecule has 0 fully saturated rings. The molecule has 0 saturated carbocycles. The predicted molar refractivity (Wildman–Crippen MR) is 34.4 cm³/mol. The summed E-state index contributed by atoms with van der Waals surface area (Å²) in [5, 5.41) is 16.4. The van der Waals surface area contributed by atoms with Gasteiger partial charge in [-0.25, -0.2) is 9.59 Å². The highest BCUT2D eigenvalue weighted by Crippen LogP contribution is 1.99. The van der Waals surface area contributed by atoms with Crippen LogP contribution in [0.15, 0.2) is 11.1 Å². The molecular weight excluding hydrogens is 168 g/mol. The Morgan fingerprint density at radius 2 is 1.08 bits per heavy atom. The summed E-state index contributed by atoms with van der Waals surface area (Å²) in [4.78, 5) is 40.2. The zero-order chi connectivity index (χ0) is 9.72. The zero-order valence-corrected chi connectivity index (χ0v) is 5.68. The van der Waals surface area contributed by atoms with Crippen LogP contribution in [0.4, 0.5) is 0 Å². The molecule has 64 valence electrons. The van der Waals surface area contributed by atoms with Crippen molar-refractivity contribution in [2.45, 2.75) is 0 Å². The van der Waals surface area contributed by atoms with Crippen LogP contribution in [0.5, 0.6) is 0 Å². The second-order valence-electron chi connectivity index (χ2n) is 1.67. The lowest BCUT2D eigenvalue weighted by molar-refractivity contribution is -0.137. The molecule has 0 aliphatic rings. The van der Waals surface area contributed by atoms with E-state index >= 15 is 0 Å². The van der Waals surface area contributed by atoms with Crippen molar-refractivity contribution in [3.63, 3.8) is 0 Å². The highest BCUT2D eigenvalue weighted by molar-refractivity contribution is 6.20. The molecular formula is C6H4O6. The van der Waals surface area contributed by atoms with E-state index in [4.69, 9.17) is 10.2 Å². The van der Waals surface area contributed by atoms with Crippen molar-refractivity contribution in [3.05, 3.63) is 11.1 Å². The number of carboxylic acids is 2. The third-order valence-corrected chi connectivity index (χ3v) is 0.987. The summed E-state index contributed by atoms with van der Waals surface area (Å²) in [5.74, 6) is -3.48. The molecule has 6 heteroatoms. The normalized spacial score (nSPS) is 11.3. The zero-order valence-electron chi connectivity index (χ0n) is 5.68. The van der Waals surface area contributed by atoms with Crippen molar-refractivity contribution in [1.29, 1.82) is 0 Å². The van der Waals surface area contributed by atoms with E-state index in [1.54, 1.807) is 0 Å². The Morgan fingerprint density at radius 1 is 0.833 bits per heavy atom. The van der Waals surface area contributed by atoms with Crippen molar-refractivity contribution in [2.75, 3.05) is 0 Å². The van der Waals surface area contributed by atoms with Crippen LogP contribution < -0.4 is 0 Å². The Balaban J connectivity index is 5.30. The molecule has 0 aliphatic carbocycles. The number of carbonyl (C=O) groups is 4. The Hall–Kier alpha value is -1.98. The van der Waals surface area contributed by atoms with Crippen molar-refractivity contribution >= 4 is 24.5 Å². The van der Waals surface area contributed by atoms with E-state index in [0.29, 0.717) is 0 Å². The van der Waals surface area contributed by atoms with Gasteiger partial charge in [0.2, 0.25) is 0 Å². The summed E-state index contributed by atoms with van der Waals surface area (Å²) in [6.07, 6.45) is -0.389. The minimum atomic E-state index is -1.74. The second kappa shape index (κ2) is 4.02. The first-order valence-electron chi connectivity index (χ1n) is 2.65. The summed E-state index contributed by atoms with van der Waals surface area (Å²) in [6.45, 7) is 0. The number of rotatable bonds is 4. The predicted octanol–water partition coefficient (Wildman–Crippen LogP) is -1.15. The van der Waals surface area contributed by atoms with E-state index in [0.717, 1.165) is 0 Å². The van der Waals surface area contributed by atoms with Crippen LogP contribution >= 0.6 is 0 Å². The third-order valence-electron chi connectivity index (χ3n) is 0.987. The number of carbonyl (C=O) groups excluding carboxylic acids is 2. The van der Waals surface area contributed by atoms with Crippen molar-refractivity contribution in [2.24, 2.45) is 0 Å². The van der Waals surface area contributed by atoms with E-state index in [2.05, 4.69) is 0 Å². The van der Waals surface area contributed by atoms with E-state index in [1.165, 1.54) is 0 Å². The van der Waals surface area contributed by atoms with Gasteiger partial charge in [0.25, 0.3) is 0 Å². The average molecular weight is 172 g/mol. The summed E-state index contributed by atoms with van der Waals surface area (Å²) in [7, 11) is 0. The van der Waals surface area contributed by atoms with Gasteiger partial charge in [0.1, 0.15) is 11.1 Å². The highest BCUT2D eigenvalue weighted by Gasteiger charge is 2.18. The van der Waals surface area contributed by atoms with Gasteiger partial charge in [-0.3, -0.25) is 9.59 Å². The lowest BCUT2D eigenvalue weighted by Gasteiger charge is -1.93. The van der Waals surface area contributed by atoms with E-state index in [1.807, 2.05) is 0 Å². The lowest BCUT2D eigenvalue weighted by Crippen LogP contribution is -2.13. The standard InChI is InChI=1S/C6H4O6/c7-1-3(5(9)10)4(2-8)6(11)12/h1-2H,(H,9,10)(H,11,12)/b4-3-. The van der Waals surface area contributed by atoms with Gasteiger partial charge in [0.15, 0.2) is 12.6 Å². The topological polar surface area (TPSA) is 109 Å². The average Bonchev–Trinajstić information content (AvgIpc) is 1.98. The molecule has 2 N–H and O–H groups in total. The molecule has 0 amide bonds. The molecule has 0 rings (SSSR count). The van der Waals surface area contributed by atoms with Crippen molar-refractivity contribution < 1.29 is 29.4 Å². The van der Waals surface area contributed by atoms with Gasteiger partial charge < -0.3 is 10.2 Å². The van der Waals surface area contributed by atoms with Crippen molar-refractivity contribution in [3.8, 4) is 0 Å². The molecule has 0 bridgehead atoms. The molecule has 0 radical (unpaired) electrons. The molecule has 0 atom stereocenters. The number of aliphatic carboxylic acids is 2. The highest BCUT2D eigenvalue weighted by atomic mass is 16.4. The molecule has 0 saturated heterocycles. The first-order chi connectivity index (χ1) is 5.54. The second-order valence-corrected chi connectivity index (χ2v) is 1.67. The molecule has 0 aromatic carbocycles. The van der Waals surface area contributed by atoms with E-state index in [9.17, 15) is 19.2 Å². The summed E-state index contributed by atoms with van der Waals surface area (Å²) < 4.78 is 0. The van der Waals surface area contributed by atoms with Gasteiger partial charge in [-0.1, -0.05) is 0 Å². The van der Waals surface area contributed by atoms with Crippen molar-refractivity contribution in [1.82, 2.24) is 0 Å². The van der Waals surface area contributed by atoms with Gasteiger partial charge in [0, 0.05) is 0 Å². The maximum Gasteiger partial charge on any atom is 0.340 e. The molecule has 0 aromatic heterocycles. The third kappa shape index (κ3) is 2.01. The Labute approximate surface area is 66.1 Å². The monoisotopic (exact) mass is 172 g/mol. The Morgan fingerprint density at radius 3 is 1.17 bits per heavy atom. The Kier molecular flexibility index (Phi) is 3.35. The smallest absolute Gasteiger partial charge is 0.340 e. The molecule has 6 nitrogen and oxygen atoms in total. The lowest BCUT2D eigenvalue weighted by atomic mass is 10.1. The minimum Gasteiger partial charge on any atom is -0.478 e. The minimum absolute atomic E-state index is 0.194. The number of aldehydes is 2. The summed E-state index contributed by atoms with van der Waals surface area (Å²) in [5.41, 5.74) is -2.12. The fraction of sp³-hybridized carbons (Fsp3) is 0. The van der Waals surface area contributed by atoms with Crippen LogP contribution in [-0.2, 0) is 19.2 Å². The van der Waals surface area contributed by atoms with Gasteiger partial charge >= 0.3 is 11.9 Å². The molecule has 0 heterocycles. The van der Waals surface area contributed by atoms with E-state index in [-0.39, 0.29) is 12.6 Å². The van der Waals surface area contributed by atoms with Crippen LogP contribution in [-0.4, -0.2) is 34.7 Å². The maximum absolute atomic E-state index is 10.1. The summed E-state index contributed by atoms with van der Waals surface area (Å²) in [6, 6.07) is 0. The fourth-order valence-electron chi connectivity index (χ4n) is 0.458. The SMILES string of the molecule is O=C/C(C(=O)O)=C(\C=O)C(=O)O. The molecule has 12 heavy (non-hydrogen) atoms.